The molecule has 0 aliphatic carbocycles. The first kappa shape index (κ1) is 11.9. The van der Waals surface area contributed by atoms with E-state index < -0.39 is 17.7 Å². The molecule has 0 saturated carbocycles. The number of hydrogen-bond acceptors (Lipinski definition) is 2. The van der Waals surface area contributed by atoms with E-state index in [2.05, 4.69) is 5.32 Å². The van der Waals surface area contributed by atoms with Gasteiger partial charge in [-0.2, -0.15) is 0 Å². The minimum Gasteiger partial charge on any atom is -0.478 e. The van der Waals surface area contributed by atoms with Gasteiger partial charge in [-0.05, 0) is 23.8 Å². The van der Waals surface area contributed by atoms with E-state index in [9.17, 15) is 14.0 Å². The van der Waals surface area contributed by atoms with Gasteiger partial charge in [-0.25, -0.2) is 9.18 Å². The average molecular weight is 223 g/mol. The molecule has 0 spiro atoms. The van der Waals surface area contributed by atoms with E-state index >= 15 is 0 Å². The highest BCUT2D eigenvalue weighted by Gasteiger charge is 2.09. The molecule has 4 nitrogen and oxygen atoms in total. The lowest BCUT2D eigenvalue weighted by atomic mass is 10.1. The first-order valence-electron chi connectivity index (χ1n) is 4.47. The minimum absolute atomic E-state index is 0.0741. The monoisotopic (exact) mass is 223 g/mol. The van der Waals surface area contributed by atoms with Gasteiger partial charge in [0, 0.05) is 13.1 Å². The maximum Gasteiger partial charge on any atom is 0.328 e. The second-order valence-electron chi connectivity index (χ2n) is 2.99. The van der Waals surface area contributed by atoms with E-state index in [1.807, 2.05) is 0 Å². The Kier molecular flexibility index (Phi) is 3.77. The van der Waals surface area contributed by atoms with Crippen LogP contribution in [0.3, 0.4) is 0 Å². The molecule has 16 heavy (non-hydrogen) atoms. The molecule has 0 aliphatic rings. The summed E-state index contributed by atoms with van der Waals surface area (Å²) in [7, 11) is 1.40. The van der Waals surface area contributed by atoms with E-state index in [4.69, 9.17) is 5.11 Å². The topological polar surface area (TPSA) is 66.4 Å². The number of hydrogen-bond donors (Lipinski definition) is 2. The van der Waals surface area contributed by atoms with Crippen LogP contribution < -0.4 is 5.32 Å². The molecule has 1 aromatic rings. The quantitative estimate of drug-likeness (QED) is 0.758. The third-order valence-electron chi connectivity index (χ3n) is 1.88. The third-order valence-corrected chi connectivity index (χ3v) is 1.88. The van der Waals surface area contributed by atoms with Crippen molar-refractivity contribution in [2.24, 2.45) is 0 Å². The fourth-order valence-electron chi connectivity index (χ4n) is 1.12. The van der Waals surface area contributed by atoms with Crippen LogP contribution in [-0.4, -0.2) is 24.0 Å². The molecule has 1 rings (SSSR count). The van der Waals surface area contributed by atoms with Gasteiger partial charge in [-0.15, -0.1) is 0 Å². The van der Waals surface area contributed by atoms with Gasteiger partial charge in [0.1, 0.15) is 5.82 Å². The first-order chi connectivity index (χ1) is 7.54. The highest BCUT2D eigenvalue weighted by atomic mass is 19.1. The summed E-state index contributed by atoms with van der Waals surface area (Å²) in [6.45, 7) is 0. The Morgan fingerprint density at radius 1 is 1.44 bits per heavy atom. The highest BCUT2D eigenvalue weighted by Crippen LogP contribution is 2.11. The van der Waals surface area contributed by atoms with Crippen molar-refractivity contribution in [3.8, 4) is 0 Å². The van der Waals surface area contributed by atoms with Crippen molar-refractivity contribution < 1.29 is 19.1 Å². The van der Waals surface area contributed by atoms with Gasteiger partial charge >= 0.3 is 5.97 Å². The molecule has 2 N–H and O–H groups in total. The molecule has 0 unspecified atom stereocenters. The van der Waals surface area contributed by atoms with Crippen LogP contribution >= 0.6 is 0 Å². The molecule has 0 aliphatic heterocycles. The van der Waals surface area contributed by atoms with Crippen LogP contribution in [0.25, 0.3) is 6.08 Å². The van der Waals surface area contributed by atoms with Crippen LogP contribution in [0, 0.1) is 5.82 Å². The van der Waals surface area contributed by atoms with Crippen molar-refractivity contribution in [3.63, 3.8) is 0 Å². The Hall–Kier alpha value is -2.17. The molecule has 0 atom stereocenters. The Bertz CT molecular complexity index is 455. The molecule has 0 aromatic heterocycles. The minimum atomic E-state index is -1.12. The summed E-state index contributed by atoms with van der Waals surface area (Å²) in [6.07, 6.45) is 2.15. The van der Waals surface area contributed by atoms with Crippen LogP contribution in [0.15, 0.2) is 24.3 Å². The van der Waals surface area contributed by atoms with Gasteiger partial charge in [-0.1, -0.05) is 6.07 Å². The van der Waals surface area contributed by atoms with E-state index in [1.54, 1.807) is 0 Å². The van der Waals surface area contributed by atoms with Crippen molar-refractivity contribution in [1.82, 2.24) is 5.32 Å². The Balaban J connectivity index is 2.99. The molecular formula is C11H10FNO3. The number of carboxylic acid groups (broad SMARTS) is 1. The normalized spacial score (nSPS) is 10.4. The summed E-state index contributed by atoms with van der Waals surface area (Å²) in [5.41, 5.74) is 0.308. The van der Waals surface area contributed by atoms with E-state index in [0.29, 0.717) is 5.56 Å². The van der Waals surface area contributed by atoms with Crippen LogP contribution in [0.2, 0.25) is 0 Å². The number of aliphatic carboxylic acids is 1. The van der Waals surface area contributed by atoms with Crippen molar-refractivity contribution in [2.45, 2.75) is 0 Å². The number of carboxylic acids is 1. The summed E-state index contributed by atoms with van der Waals surface area (Å²) >= 11 is 0. The van der Waals surface area contributed by atoms with Crippen molar-refractivity contribution in [3.05, 3.63) is 41.2 Å². The zero-order chi connectivity index (χ0) is 12.1. The van der Waals surface area contributed by atoms with Gasteiger partial charge in [0.25, 0.3) is 5.91 Å². The number of carbonyl (C=O) groups is 2. The summed E-state index contributed by atoms with van der Waals surface area (Å²) in [6, 6.07) is 3.87. The van der Waals surface area contributed by atoms with Crippen LogP contribution in [0.4, 0.5) is 4.39 Å². The standard InChI is InChI=1S/C11H10FNO3/c1-13-11(16)8-4-2-7(6-9(8)12)3-5-10(14)15/h2-6H,1H3,(H,13,16)(H,14,15)/b5-3+. The molecule has 0 radical (unpaired) electrons. The van der Waals surface area contributed by atoms with Crippen LogP contribution in [0.5, 0.6) is 0 Å². The highest BCUT2D eigenvalue weighted by molar-refractivity contribution is 5.94. The smallest absolute Gasteiger partial charge is 0.328 e. The maximum absolute atomic E-state index is 13.4. The van der Waals surface area contributed by atoms with Gasteiger partial charge < -0.3 is 10.4 Å². The molecule has 84 valence electrons. The summed E-state index contributed by atoms with van der Waals surface area (Å²) in [5, 5.41) is 10.7. The lowest BCUT2D eigenvalue weighted by Crippen LogP contribution is -2.19. The predicted octanol–water partition coefficient (Wildman–Crippen LogP) is 1.28. The van der Waals surface area contributed by atoms with Gasteiger partial charge in [0.05, 0.1) is 5.56 Å². The second-order valence-corrected chi connectivity index (χ2v) is 2.99. The number of amides is 1. The number of benzene rings is 1. The van der Waals surface area contributed by atoms with Gasteiger partial charge in [0.2, 0.25) is 0 Å². The molecule has 1 aromatic carbocycles. The summed E-state index contributed by atoms with van der Waals surface area (Å²) in [4.78, 5) is 21.4. The zero-order valence-corrected chi connectivity index (χ0v) is 8.53. The molecule has 5 heteroatoms. The molecular weight excluding hydrogens is 213 g/mol. The lowest BCUT2D eigenvalue weighted by Gasteiger charge is -2.02. The first-order valence-corrected chi connectivity index (χ1v) is 4.47. The Labute approximate surface area is 91.4 Å². The molecule has 1 amide bonds. The SMILES string of the molecule is CNC(=O)c1ccc(/C=C/C(=O)O)cc1F. The number of carbonyl (C=O) groups excluding carboxylic acids is 1. The van der Waals surface area contributed by atoms with Crippen molar-refractivity contribution in [1.29, 1.82) is 0 Å². The fourth-order valence-corrected chi connectivity index (χ4v) is 1.12. The van der Waals surface area contributed by atoms with Crippen molar-refractivity contribution in [2.75, 3.05) is 7.05 Å². The maximum atomic E-state index is 13.4. The van der Waals surface area contributed by atoms with E-state index in [1.165, 1.54) is 25.3 Å². The number of halogens is 1. The zero-order valence-electron chi connectivity index (χ0n) is 8.53. The van der Waals surface area contributed by atoms with Crippen LogP contribution in [0.1, 0.15) is 15.9 Å². The second kappa shape index (κ2) is 5.06. The molecule has 0 bridgehead atoms. The molecule has 0 saturated heterocycles. The average Bonchev–Trinajstić information content (AvgIpc) is 2.25. The third kappa shape index (κ3) is 2.91. The Morgan fingerprint density at radius 2 is 2.12 bits per heavy atom. The van der Waals surface area contributed by atoms with Crippen molar-refractivity contribution >= 4 is 18.0 Å². The van der Waals surface area contributed by atoms with Gasteiger partial charge in [-0.3, -0.25) is 4.79 Å². The summed E-state index contributed by atoms with van der Waals surface area (Å²) in [5.74, 6) is -2.33. The largest absolute Gasteiger partial charge is 0.478 e. The number of nitrogens with one attached hydrogen (secondary N) is 1. The fraction of sp³-hybridized carbons (Fsp3) is 0.0909. The summed E-state index contributed by atoms with van der Waals surface area (Å²) < 4.78 is 13.4. The molecule has 0 heterocycles. The van der Waals surface area contributed by atoms with E-state index in [0.717, 1.165) is 12.1 Å². The van der Waals surface area contributed by atoms with E-state index in [-0.39, 0.29) is 5.56 Å². The molecule has 0 fully saturated rings. The van der Waals surface area contributed by atoms with Gasteiger partial charge in [0.15, 0.2) is 0 Å². The predicted molar refractivity (Wildman–Crippen MR) is 56.5 cm³/mol. The lowest BCUT2D eigenvalue weighted by molar-refractivity contribution is -0.131. The number of rotatable bonds is 3. The van der Waals surface area contributed by atoms with Crippen LogP contribution in [-0.2, 0) is 4.79 Å². The Morgan fingerprint density at radius 3 is 2.62 bits per heavy atom.